The molecule has 0 atom stereocenters. The van der Waals surface area contributed by atoms with Crippen LogP contribution in [0.25, 0.3) is 20.3 Å². The molecule has 1 amide bonds. The molecule has 2 aromatic carbocycles. The standard InChI is InChI=1S/C22H21ClN2O3S2/c1-3-27-12-11-25-16-10-9-14(28-4-2)13-18(16)30-22(25)24-21(26)20-19(23)15-7-5-6-8-17(15)29-20/h5-10,13H,3-4,11-12H2,1-2H3. The van der Waals surface area contributed by atoms with Crippen LogP contribution in [-0.4, -0.2) is 30.3 Å². The van der Waals surface area contributed by atoms with Crippen LogP contribution < -0.4 is 9.54 Å². The lowest BCUT2D eigenvalue weighted by Crippen LogP contribution is -2.19. The minimum atomic E-state index is -0.331. The summed E-state index contributed by atoms with van der Waals surface area (Å²) in [6, 6.07) is 13.6. The number of thiophene rings is 1. The highest BCUT2D eigenvalue weighted by molar-refractivity contribution is 7.21. The lowest BCUT2D eigenvalue weighted by Gasteiger charge is -2.06. The summed E-state index contributed by atoms with van der Waals surface area (Å²) in [6.07, 6.45) is 0. The van der Waals surface area contributed by atoms with Gasteiger partial charge in [0.1, 0.15) is 10.6 Å². The first-order valence-electron chi connectivity index (χ1n) is 9.72. The Bertz CT molecular complexity index is 1270. The van der Waals surface area contributed by atoms with E-state index in [1.807, 2.05) is 60.9 Å². The van der Waals surface area contributed by atoms with Gasteiger partial charge in [0.05, 0.1) is 28.5 Å². The van der Waals surface area contributed by atoms with Crippen LogP contribution >= 0.6 is 34.3 Å². The molecule has 8 heteroatoms. The highest BCUT2D eigenvalue weighted by atomic mass is 35.5. The maximum absolute atomic E-state index is 13.0. The number of nitrogens with zero attached hydrogens (tertiary/aromatic N) is 2. The number of amides is 1. The Balaban J connectivity index is 1.80. The number of rotatable bonds is 7. The summed E-state index contributed by atoms with van der Waals surface area (Å²) in [6.45, 7) is 6.30. The molecule has 0 aliphatic heterocycles. The number of carbonyl (C=O) groups excluding carboxylic acids is 1. The normalized spacial score (nSPS) is 12.2. The Kier molecular flexibility index (Phi) is 6.53. The van der Waals surface area contributed by atoms with Crippen LogP contribution in [0.3, 0.4) is 0 Å². The third kappa shape index (κ3) is 4.16. The zero-order chi connectivity index (χ0) is 21.1. The number of thiazole rings is 1. The second-order valence-corrected chi connectivity index (χ2v) is 8.89. The van der Waals surface area contributed by atoms with Gasteiger partial charge in [0.25, 0.3) is 5.91 Å². The highest BCUT2D eigenvalue weighted by Crippen LogP contribution is 2.35. The first kappa shape index (κ1) is 21.1. The fourth-order valence-electron chi connectivity index (χ4n) is 3.20. The van der Waals surface area contributed by atoms with Gasteiger partial charge in [0.2, 0.25) is 0 Å². The van der Waals surface area contributed by atoms with Crippen molar-refractivity contribution < 1.29 is 14.3 Å². The topological polar surface area (TPSA) is 52.8 Å². The second kappa shape index (κ2) is 9.31. The van der Waals surface area contributed by atoms with Crippen molar-refractivity contribution in [1.82, 2.24) is 4.57 Å². The molecule has 0 spiro atoms. The number of halogens is 1. The Labute approximate surface area is 187 Å². The van der Waals surface area contributed by atoms with E-state index in [1.54, 1.807) is 0 Å². The third-order valence-electron chi connectivity index (χ3n) is 4.55. The maximum atomic E-state index is 13.0. The van der Waals surface area contributed by atoms with Gasteiger partial charge in [-0.3, -0.25) is 4.79 Å². The van der Waals surface area contributed by atoms with Crippen molar-refractivity contribution in [3.8, 4) is 5.75 Å². The summed E-state index contributed by atoms with van der Waals surface area (Å²) >= 11 is 9.31. The number of benzene rings is 2. The molecule has 156 valence electrons. The summed E-state index contributed by atoms with van der Waals surface area (Å²) in [5.74, 6) is 0.469. The van der Waals surface area contributed by atoms with E-state index in [2.05, 4.69) is 4.99 Å². The maximum Gasteiger partial charge on any atom is 0.291 e. The number of hydrogen-bond donors (Lipinski definition) is 0. The van der Waals surface area contributed by atoms with Crippen molar-refractivity contribution in [1.29, 1.82) is 0 Å². The molecule has 2 aromatic heterocycles. The molecule has 0 unspecified atom stereocenters. The van der Waals surface area contributed by atoms with Crippen molar-refractivity contribution in [2.24, 2.45) is 4.99 Å². The second-order valence-electron chi connectivity index (χ2n) is 6.45. The van der Waals surface area contributed by atoms with Gasteiger partial charge in [-0.1, -0.05) is 41.1 Å². The van der Waals surface area contributed by atoms with Crippen LogP contribution in [0.4, 0.5) is 0 Å². The highest BCUT2D eigenvalue weighted by Gasteiger charge is 2.17. The van der Waals surface area contributed by atoms with Gasteiger partial charge >= 0.3 is 0 Å². The van der Waals surface area contributed by atoms with Gasteiger partial charge < -0.3 is 14.0 Å². The fraction of sp³-hybridized carbons (Fsp3) is 0.273. The SMILES string of the molecule is CCOCCn1c(=NC(=O)c2sc3ccccc3c2Cl)sc2cc(OCC)ccc21. The van der Waals surface area contributed by atoms with Crippen LogP contribution in [-0.2, 0) is 11.3 Å². The molecule has 5 nitrogen and oxygen atoms in total. The van der Waals surface area contributed by atoms with E-state index in [-0.39, 0.29) is 5.91 Å². The number of ether oxygens (including phenoxy) is 2. The summed E-state index contributed by atoms with van der Waals surface area (Å²) in [5, 5.41) is 1.34. The Morgan fingerprint density at radius 2 is 1.93 bits per heavy atom. The number of hydrogen-bond acceptors (Lipinski definition) is 5. The predicted molar refractivity (Wildman–Crippen MR) is 124 cm³/mol. The molecule has 0 N–H and O–H groups in total. The molecule has 0 fully saturated rings. The van der Waals surface area contributed by atoms with Crippen molar-refractivity contribution in [2.45, 2.75) is 20.4 Å². The molecule has 4 aromatic rings. The zero-order valence-corrected chi connectivity index (χ0v) is 19.1. The summed E-state index contributed by atoms with van der Waals surface area (Å²) in [4.78, 5) is 18.6. The average molecular weight is 461 g/mol. The molecular weight excluding hydrogens is 440 g/mol. The minimum absolute atomic E-state index is 0.331. The summed E-state index contributed by atoms with van der Waals surface area (Å²) in [5.41, 5.74) is 0.997. The zero-order valence-electron chi connectivity index (χ0n) is 16.7. The van der Waals surface area contributed by atoms with Gasteiger partial charge in [0, 0.05) is 23.2 Å². The Morgan fingerprint density at radius 1 is 1.10 bits per heavy atom. The summed E-state index contributed by atoms with van der Waals surface area (Å²) < 4.78 is 15.2. The monoisotopic (exact) mass is 460 g/mol. The van der Waals surface area contributed by atoms with Gasteiger partial charge in [-0.05, 0) is 38.1 Å². The largest absolute Gasteiger partial charge is 0.494 e. The molecule has 0 saturated heterocycles. The number of carbonyl (C=O) groups is 1. The van der Waals surface area contributed by atoms with E-state index in [9.17, 15) is 4.79 Å². The smallest absolute Gasteiger partial charge is 0.291 e. The lowest BCUT2D eigenvalue weighted by atomic mass is 10.2. The van der Waals surface area contributed by atoms with E-state index in [0.29, 0.717) is 41.1 Å². The van der Waals surface area contributed by atoms with Crippen molar-refractivity contribution >= 4 is 60.5 Å². The predicted octanol–water partition coefficient (Wildman–Crippen LogP) is 5.75. The van der Waals surface area contributed by atoms with Crippen LogP contribution in [0.5, 0.6) is 5.75 Å². The van der Waals surface area contributed by atoms with E-state index in [4.69, 9.17) is 21.1 Å². The molecule has 0 aliphatic carbocycles. The molecule has 2 heterocycles. The minimum Gasteiger partial charge on any atom is -0.494 e. The lowest BCUT2D eigenvalue weighted by molar-refractivity contribution is 0.100. The molecule has 4 rings (SSSR count). The number of fused-ring (bicyclic) bond motifs is 2. The Hall–Kier alpha value is -2.19. The molecular formula is C22H21ClN2O3S2. The first-order chi connectivity index (χ1) is 14.6. The van der Waals surface area contributed by atoms with E-state index in [0.717, 1.165) is 26.1 Å². The third-order valence-corrected chi connectivity index (χ3v) is 7.26. The molecule has 30 heavy (non-hydrogen) atoms. The van der Waals surface area contributed by atoms with E-state index < -0.39 is 0 Å². The van der Waals surface area contributed by atoms with Gasteiger partial charge in [-0.2, -0.15) is 4.99 Å². The van der Waals surface area contributed by atoms with Crippen LogP contribution in [0.15, 0.2) is 47.5 Å². The van der Waals surface area contributed by atoms with Crippen LogP contribution in [0.1, 0.15) is 23.5 Å². The number of aromatic nitrogens is 1. The van der Waals surface area contributed by atoms with E-state index >= 15 is 0 Å². The molecule has 0 bridgehead atoms. The molecule has 0 saturated carbocycles. The molecule has 0 aliphatic rings. The Morgan fingerprint density at radius 3 is 2.70 bits per heavy atom. The van der Waals surface area contributed by atoms with E-state index in [1.165, 1.54) is 22.7 Å². The first-order valence-corrected chi connectivity index (χ1v) is 11.7. The van der Waals surface area contributed by atoms with Crippen LogP contribution in [0.2, 0.25) is 5.02 Å². The van der Waals surface area contributed by atoms with Crippen molar-refractivity contribution in [2.75, 3.05) is 19.8 Å². The summed E-state index contributed by atoms with van der Waals surface area (Å²) in [7, 11) is 0. The van der Waals surface area contributed by atoms with Crippen LogP contribution in [0, 0.1) is 0 Å². The molecule has 0 radical (unpaired) electrons. The van der Waals surface area contributed by atoms with Gasteiger partial charge in [0.15, 0.2) is 4.80 Å². The van der Waals surface area contributed by atoms with Gasteiger partial charge in [-0.25, -0.2) is 0 Å². The quantitative estimate of drug-likeness (QED) is 0.330. The van der Waals surface area contributed by atoms with Gasteiger partial charge in [-0.15, -0.1) is 11.3 Å². The van der Waals surface area contributed by atoms with Crippen molar-refractivity contribution in [3.05, 3.63) is 57.2 Å². The fourth-order valence-corrected chi connectivity index (χ4v) is 5.68. The van der Waals surface area contributed by atoms with Crippen molar-refractivity contribution in [3.63, 3.8) is 0 Å². The average Bonchev–Trinajstić information content (AvgIpc) is 3.26.